The molecule has 0 heterocycles. The van der Waals surface area contributed by atoms with E-state index in [4.69, 9.17) is 5.84 Å². The lowest BCUT2D eigenvalue weighted by Crippen LogP contribution is -2.38. The van der Waals surface area contributed by atoms with Crippen LogP contribution < -0.4 is 11.3 Å². The lowest BCUT2D eigenvalue weighted by atomic mass is 9.84. The molecule has 0 aliphatic heterocycles. The van der Waals surface area contributed by atoms with Crippen molar-refractivity contribution in [1.82, 2.24) is 5.43 Å². The molecule has 1 aromatic carbocycles. The summed E-state index contributed by atoms with van der Waals surface area (Å²) in [7, 11) is 0. The van der Waals surface area contributed by atoms with Crippen molar-refractivity contribution in [2.75, 3.05) is 0 Å². The second kappa shape index (κ2) is 6.91. The van der Waals surface area contributed by atoms with E-state index >= 15 is 0 Å². The van der Waals surface area contributed by atoms with E-state index in [0.717, 1.165) is 12.3 Å². The van der Waals surface area contributed by atoms with Gasteiger partial charge in [0.05, 0.1) is 0 Å². The molecular weight excluding hydrogens is 220 g/mol. The van der Waals surface area contributed by atoms with Gasteiger partial charge in [-0.2, -0.15) is 0 Å². The zero-order valence-corrected chi connectivity index (χ0v) is 11.5. The SMILES string of the molecule is Cc1ccc(CC(CC2CCCCC2)NN)cc1. The number of nitrogens with two attached hydrogens (primary N) is 1. The van der Waals surface area contributed by atoms with Crippen molar-refractivity contribution in [3.63, 3.8) is 0 Å². The van der Waals surface area contributed by atoms with Gasteiger partial charge in [0.15, 0.2) is 0 Å². The molecule has 1 aromatic rings. The standard InChI is InChI=1S/C16H26N2/c1-13-7-9-15(10-8-13)12-16(18-17)11-14-5-3-2-4-6-14/h7-10,14,16,18H,2-6,11-12,17H2,1H3. The summed E-state index contributed by atoms with van der Waals surface area (Å²) in [5.41, 5.74) is 5.72. The van der Waals surface area contributed by atoms with Crippen LogP contribution in [0, 0.1) is 12.8 Å². The van der Waals surface area contributed by atoms with Crippen LogP contribution in [-0.2, 0) is 6.42 Å². The Morgan fingerprint density at radius 1 is 1.17 bits per heavy atom. The van der Waals surface area contributed by atoms with Crippen molar-refractivity contribution in [3.05, 3.63) is 35.4 Å². The van der Waals surface area contributed by atoms with E-state index in [9.17, 15) is 0 Å². The van der Waals surface area contributed by atoms with Crippen molar-refractivity contribution >= 4 is 0 Å². The molecule has 18 heavy (non-hydrogen) atoms. The first kappa shape index (κ1) is 13.6. The molecule has 2 heteroatoms. The molecular formula is C16H26N2. The molecule has 100 valence electrons. The number of hydrazine groups is 1. The lowest BCUT2D eigenvalue weighted by molar-refractivity contribution is 0.298. The largest absolute Gasteiger partial charge is 0.271 e. The maximum absolute atomic E-state index is 5.72. The van der Waals surface area contributed by atoms with Crippen molar-refractivity contribution in [1.29, 1.82) is 0 Å². The quantitative estimate of drug-likeness (QED) is 0.617. The average Bonchev–Trinajstić information content (AvgIpc) is 2.41. The third-order valence-electron chi connectivity index (χ3n) is 4.18. The van der Waals surface area contributed by atoms with Crippen LogP contribution >= 0.6 is 0 Å². The highest BCUT2D eigenvalue weighted by Gasteiger charge is 2.18. The predicted molar refractivity (Wildman–Crippen MR) is 77.2 cm³/mol. The lowest BCUT2D eigenvalue weighted by Gasteiger charge is -2.26. The van der Waals surface area contributed by atoms with Gasteiger partial charge in [-0.3, -0.25) is 11.3 Å². The molecule has 2 nitrogen and oxygen atoms in total. The molecule has 1 aliphatic rings. The maximum Gasteiger partial charge on any atom is 0.0253 e. The van der Waals surface area contributed by atoms with Gasteiger partial charge in [0.1, 0.15) is 0 Å². The molecule has 0 saturated heterocycles. The van der Waals surface area contributed by atoms with Gasteiger partial charge >= 0.3 is 0 Å². The summed E-state index contributed by atoms with van der Waals surface area (Å²) >= 11 is 0. The van der Waals surface area contributed by atoms with Crippen LogP contribution in [0.2, 0.25) is 0 Å². The molecule has 0 bridgehead atoms. The summed E-state index contributed by atoms with van der Waals surface area (Å²) in [6, 6.07) is 9.24. The van der Waals surface area contributed by atoms with Crippen LogP contribution in [0.4, 0.5) is 0 Å². The number of aryl methyl sites for hydroxylation is 1. The maximum atomic E-state index is 5.72. The Labute approximate surface area is 111 Å². The summed E-state index contributed by atoms with van der Waals surface area (Å²) in [5.74, 6) is 6.60. The number of hydrogen-bond acceptors (Lipinski definition) is 2. The fourth-order valence-electron chi connectivity index (χ4n) is 3.04. The van der Waals surface area contributed by atoms with Gasteiger partial charge in [0.25, 0.3) is 0 Å². The van der Waals surface area contributed by atoms with Crippen molar-refractivity contribution in [2.45, 2.75) is 57.9 Å². The molecule has 2 rings (SSSR count). The van der Waals surface area contributed by atoms with Crippen LogP contribution in [0.1, 0.15) is 49.7 Å². The van der Waals surface area contributed by atoms with E-state index in [1.165, 1.54) is 49.7 Å². The predicted octanol–water partition coefficient (Wildman–Crippen LogP) is 3.34. The normalized spacial score (nSPS) is 18.8. The molecule has 1 fully saturated rings. The molecule has 0 radical (unpaired) electrons. The van der Waals surface area contributed by atoms with E-state index in [0.29, 0.717) is 6.04 Å². The van der Waals surface area contributed by atoms with Gasteiger partial charge in [-0.05, 0) is 31.2 Å². The van der Waals surface area contributed by atoms with E-state index in [-0.39, 0.29) is 0 Å². The first-order valence-electron chi connectivity index (χ1n) is 7.29. The zero-order valence-electron chi connectivity index (χ0n) is 11.5. The topological polar surface area (TPSA) is 38.0 Å². The van der Waals surface area contributed by atoms with Crippen molar-refractivity contribution in [3.8, 4) is 0 Å². The van der Waals surface area contributed by atoms with Crippen LogP contribution in [0.5, 0.6) is 0 Å². The summed E-state index contributed by atoms with van der Waals surface area (Å²) in [5, 5.41) is 0. The highest BCUT2D eigenvalue weighted by Crippen LogP contribution is 2.27. The minimum absolute atomic E-state index is 0.427. The number of nitrogens with one attached hydrogen (secondary N) is 1. The molecule has 0 aromatic heterocycles. The molecule has 1 aliphatic carbocycles. The summed E-state index contributed by atoms with van der Waals surface area (Å²) in [6.07, 6.45) is 9.31. The average molecular weight is 246 g/mol. The highest BCUT2D eigenvalue weighted by molar-refractivity contribution is 5.22. The second-order valence-corrected chi connectivity index (χ2v) is 5.79. The number of hydrogen-bond donors (Lipinski definition) is 2. The summed E-state index contributed by atoms with van der Waals surface area (Å²) in [4.78, 5) is 0. The Morgan fingerprint density at radius 2 is 1.83 bits per heavy atom. The van der Waals surface area contributed by atoms with Crippen LogP contribution in [0.3, 0.4) is 0 Å². The Balaban J connectivity index is 1.86. The molecule has 1 atom stereocenters. The molecule has 0 spiro atoms. The summed E-state index contributed by atoms with van der Waals surface area (Å²) in [6.45, 7) is 2.13. The van der Waals surface area contributed by atoms with Gasteiger partial charge in [0.2, 0.25) is 0 Å². The van der Waals surface area contributed by atoms with E-state index < -0.39 is 0 Å². The fraction of sp³-hybridized carbons (Fsp3) is 0.625. The number of rotatable bonds is 5. The minimum Gasteiger partial charge on any atom is -0.271 e. The third-order valence-corrected chi connectivity index (χ3v) is 4.18. The molecule has 3 N–H and O–H groups in total. The Kier molecular flexibility index (Phi) is 5.21. The first-order chi connectivity index (χ1) is 8.78. The van der Waals surface area contributed by atoms with Crippen LogP contribution in [0.15, 0.2) is 24.3 Å². The van der Waals surface area contributed by atoms with Gasteiger partial charge in [-0.1, -0.05) is 61.9 Å². The molecule has 1 saturated carbocycles. The Morgan fingerprint density at radius 3 is 2.44 bits per heavy atom. The second-order valence-electron chi connectivity index (χ2n) is 5.79. The first-order valence-corrected chi connectivity index (χ1v) is 7.29. The van der Waals surface area contributed by atoms with E-state index in [2.05, 4.69) is 36.6 Å². The minimum atomic E-state index is 0.427. The zero-order chi connectivity index (χ0) is 12.8. The van der Waals surface area contributed by atoms with Gasteiger partial charge < -0.3 is 0 Å². The van der Waals surface area contributed by atoms with Gasteiger partial charge in [-0.15, -0.1) is 0 Å². The smallest absolute Gasteiger partial charge is 0.0253 e. The van der Waals surface area contributed by atoms with E-state index in [1.54, 1.807) is 0 Å². The van der Waals surface area contributed by atoms with Crippen molar-refractivity contribution in [2.24, 2.45) is 11.8 Å². The van der Waals surface area contributed by atoms with Crippen LogP contribution in [0.25, 0.3) is 0 Å². The van der Waals surface area contributed by atoms with E-state index in [1.807, 2.05) is 0 Å². The van der Waals surface area contributed by atoms with Gasteiger partial charge in [0, 0.05) is 6.04 Å². The third kappa shape index (κ3) is 4.11. The highest BCUT2D eigenvalue weighted by atomic mass is 15.2. The van der Waals surface area contributed by atoms with Crippen molar-refractivity contribution < 1.29 is 0 Å². The number of benzene rings is 1. The Bertz CT molecular complexity index is 339. The molecule has 1 unspecified atom stereocenters. The summed E-state index contributed by atoms with van der Waals surface area (Å²) < 4.78 is 0. The van der Waals surface area contributed by atoms with Crippen LogP contribution in [-0.4, -0.2) is 6.04 Å². The molecule has 0 amide bonds. The monoisotopic (exact) mass is 246 g/mol. The fourth-order valence-corrected chi connectivity index (χ4v) is 3.04. The Hall–Kier alpha value is -0.860. The van der Waals surface area contributed by atoms with Gasteiger partial charge in [-0.25, -0.2) is 0 Å².